The highest BCUT2D eigenvalue weighted by Crippen LogP contribution is 2.47. The van der Waals surface area contributed by atoms with E-state index in [2.05, 4.69) is 0 Å². The number of fused-ring (bicyclic) bond motifs is 2. The zero-order chi connectivity index (χ0) is 31.7. The highest BCUT2D eigenvalue weighted by molar-refractivity contribution is 6.07. The van der Waals surface area contributed by atoms with Crippen LogP contribution in [0.4, 0.5) is 17.1 Å². The number of methoxy groups -OCH3 is 1. The Morgan fingerprint density at radius 1 is 1.07 bits per heavy atom. The number of anilines is 3. The molecule has 3 aromatic rings. The third-order valence-electron chi connectivity index (χ3n) is 9.39. The molecule has 2 N–H and O–H groups in total. The van der Waals surface area contributed by atoms with E-state index in [4.69, 9.17) is 4.74 Å². The van der Waals surface area contributed by atoms with Gasteiger partial charge in [0.05, 0.1) is 37.7 Å². The number of hydrogen-bond donors (Lipinski definition) is 2. The lowest BCUT2D eigenvalue weighted by Crippen LogP contribution is -2.44. The Balaban J connectivity index is 1.23. The van der Waals surface area contributed by atoms with Crippen molar-refractivity contribution in [3.8, 4) is 5.75 Å². The molecule has 0 saturated carbocycles. The zero-order valence-electron chi connectivity index (χ0n) is 25.7. The van der Waals surface area contributed by atoms with Gasteiger partial charge in [0, 0.05) is 36.6 Å². The highest BCUT2D eigenvalue weighted by atomic mass is 16.5. The molecular formula is C36H39N3O6. The Kier molecular flexibility index (Phi) is 8.48. The molecule has 0 spiro atoms. The molecule has 234 valence electrons. The van der Waals surface area contributed by atoms with E-state index in [1.807, 2.05) is 48.5 Å². The molecule has 0 bridgehead atoms. The molecule has 3 aromatic carbocycles. The maximum absolute atomic E-state index is 14.1. The van der Waals surface area contributed by atoms with Crippen molar-refractivity contribution < 1.29 is 29.3 Å². The number of para-hydroxylation sites is 1. The predicted octanol–water partition coefficient (Wildman–Crippen LogP) is 4.61. The number of rotatable bonds is 9. The van der Waals surface area contributed by atoms with Crippen LogP contribution in [0.1, 0.15) is 49.3 Å². The molecule has 1 saturated heterocycles. The summed E-state index contributed by atoms with van der Waals surface area (Å²) >= 11 is 0. The molecule has 0 unspecified atom stereocenters. The molecular weight excluding hydrogens is 570 g/mol. The second-order valence-corrected chi connectivity index (χ2v) is 12.1. The van der Waals surface area contributed by atoms with E-state index in [-0.39, 0.29) is 37.4 Å². The quantitative estimate of drug-likeness (QED) is 0.343. The molecule has 3 heterocycles. The summed E-state index contributed by atoms with van der Waals surface area (Å²) in [7, 11) is 1.54. The van der Waals surface area contributed by atoms with Crippen molar-refractivity contribution >= 4 is 34.8 Å². The Bertz CT molecular complexity index is 1640. The maximum atomic E-state index is 14.1. The molecule has 3 amide bonds. The van der Waals surface area contributed by atoms with Crippen molar-refractivity contribution in [3.63, 3.8) is 0 Å². The van der Waals surface area contributed by atoms with Crippen LogP contribution in [0.3, 0.4) is 0 Å². The third kappa shape index (κ3) is 5.51. The van der Waals surface area contributed by atoms with E-state index in [1.54, 1.807) is 52.0 Å². The normalized spacial score (nSPS) is 21.8. The van der Waals surface area contributed by atoms with Crippen LogP contribution in [0.15, 0.2) is 78.9 Å². The van der Waals surface area contributed by atoms with Gasteiger partial charge in [0.1, 0.15) is 5.75 Å². The number of likely N-dealkylation sites (tertiary alicyclic amines) is 1. The Morgan fingerprint density at radius 3 is 2.60 bits per heavy atom. The van der Waals surface area contributed by atoms with Gasteiger partial charge in [-0.1, -0.05) is 49.4 Å². The van der Waals surface area contributed by atoms with Gasteiger partial charge in [-0.15, -0.1) is 0 Å². The largest absolute Gasteiger partial charge is 0.497 e. The number of carbonyl (C=O) groups excluding carboxylic acids is 3. The van der Waals surface area contributed by atoms with E-state index in [0.29, 0.717) is 30.0 Å². The van der Waals surface area contributed by atoms with E-state index < -0.39 is 17.4 Å². The van der Waals surface area contributed by atoms with Gasteiger partial charge < -0.3 is 24.7 Å². The topological polar surface area (TPSA) is 111 Å². The molecule has 6 rings (SSSR count). The second kappa shape index (κ2) is 12.5. The van der Waals surface area contributed by atoms with E-state index in [1.165, 1.54) is 7.11 Å². The SMILES string of the molecule is COc1ccc2c(c1)[C@@](O)([C@H](C)/C=C/CC(=O)N1CCC[C@H]1CO)C(=O)N2Cc1ccc(N2C(=O)CCc3ccccc32)cc1. The van der Waals surface area contributed by atoms with E-state index >= 15 is 0 Å². The monoisotopic (exact) mass is 609 g/mol. The summed E-state index contributed by atoms with van der Waals surface area (Å²) < 4.78 is 5.43. The van der Waals surface area contributed by atoms with Crippen molar-refractivity contribution in [3.05, 3.63) is 95.6 Å². The number of aryl methyl sites for hydroxylation is 1. The minimum Gasteiger partial charge on any atom is -0.497 e. The van der Waals surface area contributed by atoms with Crippen LogP contribution in [-0.4, -0.2) is 59.1 Å². The first-order valence-corrected chi connectivity index (χ1v) is 15.6. The molecule has 3 aliphatic rings. The summed E-state index contributed by atoms with van der Waals surface area (Å²) in [5.41, 5.74) is 2.80. The van der Waals surface area contributed by atoms with Gasteiger partial charge in [0.2, 0.25) is 11.8 Å². The molecule has 3 atom stereocenters. The van der Waals surface area contributed by atoms with Gasteiger partial charge in [-0.05, 0) is 66.8 Å². The van der Waals surface area contributed by atoms with Gasteiger partial charge in [-0.3, -0.25) is 19.3 Å². The number of benzene rings is 3. The predicted molar refractivity (Wildman–Crippen MR) is 171 cm³/mol. The summed E-state index contributed by atoms with van der Waals surface area (Å²) in [4.78, 5) is 44.8. The first-order valence-electron chi connectivity index (χ1n) is 15.6. The van der Waals surface area contributed by atoms with Gasteiger partial charge >= 0.3 is 0 Å². The van der Waals surface area contributed by atoms with Crippen molar-refractivity contribution in [2.24, 2.45) is 5.92 Å². The standard InChI is InChI=1S/C36H39N3O6/c1-24(7-5-11-33(41)37-20-6-9-28(37)23-40)36(44)30-21-29(45-2)17-18-32(30)38(35(36)43)22-25-12-15-27(16-13-25)39-31-10-4-3-8-26(31)14-19-34(39)42/h3-5,7-8,10,12-13,15-18,21,24,28,40,44H,6,9,11,14,19-20,22-23H2,1-2H3/b7-5+/t24-,28+,36+/m1/s1. The third-order valence-corrected chi connectivity index (χ3v) is 9.39. The average molecular weight is 610 g/mol. The molecule has 0 radical (unpaired) electrons. The fourth-order valence-electron chi connectivity index (χ4n) is 6.84. The molecule has 0 aliphatic carbocycles. The van der Waals surface area contributed by atoms with Crippen LogP contribution in [-0.2, 0) is 33.0 Å². The zero-order valence-corrected chi connectivity index (χ0v) is 25.7. The first kappa shape index (κ1) is 30.6. The summed E-state index contributed by atoms with van der Waals surface area (Å²) in [6.07, 6.45) is 6.37. The lowest BCUT2D eigenvalue weighted by atomic mass is 9.83. The van der Waals surface area contributed by atoms with Crippen LogP contribution in [0.5, 0.6) is 5.75 Å². The van der Waals surface area contributed by atoms with Crippen molar-refractivity contribution in [1.82, 2.24) is 4.90 Å². The number of amides is 3. The Labute approximate surface area is 263 Å². The lowest BCUT2D eigenvalue weighted by molar-refractivity contribution is -0.139. The summed E-state index contributed by atoms with van der Waals surface area (Å²) in [5, 5.41) is 21.6. The number of carbonyl (C=O) groups is 3. The highest BCUT2D eigenvalue weighted by Gasteiger charge is 2.52. The molecule has 9 nitrogen and oxygen atoms in total. The van der Waals surface area contributed by atoms with Crippen LogP contribution in [0.2, 0.25) is 0 Å². The average Bonchev–Trinajstić information content (AvgIpc) is 3.63. The van der Waals surface area contributed by atoms with Crippen LogP contribution >= 0.6 is 0 Å². The summed E-state index contributed by atoms with van der Waals surface area (Å²) in [5.74, 6) is -0.622. The van der Waals surface area contributed by atoms with Gasteiger partial charge in [-0.25, -0.2) is 0 Å². The summed E-state index contributed by atoms with van der Waals surface area (Å²) in [6, 6.07) is 20.6. The van der Waals surface area contributed by atoms with Crippen LogP contribution in [0, 0.1) is 5.92 Å². The maximum Gasteiger partial charge on any atom is 0.264 e. The van der Waals surface area contributed by atoms with Gasteiger partial charge in [0.15, 0.2) is 5.60 Å². The van der Waals surface area contributed by atoms with E-state index in [0.717, 1.165) is 41.8 Å². The Morgan fingerprint density at radius 2 is 1.84 bits per heavy atom. The molecule has 3 aliphatic heterocycles. The molecule has 1 fully saturated rings. The number of aliphatic hydroxyl groups is 2. The second-order valence-electron chi connectivity index (χ2n) is 12.1. The summed E-state index contributed by atoms with van der Waals surface area (Å²) in [6.45, 7) is 2.56. The van der Waals surface area contributed by atoms with E-state index in [9.17, 15) is 24.6 Å². The smallest absolute Gasteiger partial charge is 0.264 e. The molecule has 0 aromatic heterocycles. The number of aliphatic hydroxyl groups excluding tert-OH is 1. The number of hydrogen-bond acceptors (Lipinski definition) is 6. The van der Waals surface area contributed by atoms with Crippen molar-refractivity contribution in [2.75, 3.05) is 30.1 Å². The fraction of sp³-hybridized carbons (Fsp3) is 0.361. The number of nitrogens with zero attached hydrogens (tertiary/aromatic N) is 3. The fourth-order valence-corrected chi connectivity index (χ4v) is 6.84. The minimum atomic E-state index is -1.87. The van der Waals surface area contributed by atoms with Crippen molar-refractivity contribution in [1.29, 1.82) is 0 Å². The van der Waals surface area contributed by atoms with Crippen LogP contribution in [0.25, 0.3) is 0 Å². The minimum absolute atomic E-state index is 0.0431. The molecule has 45 heavy (non-hydrogen) atoms. The molecule has 9 heteroatoms. The number of ether oxygens (including phenoxy) is 1. The van der Waals surface area contributed by atoms with Crippen LogP contribution < -0.4 is 14.5 Å². The van der Waals surface area contributed by atoms with Gasteiger partial charge in [0.25, 0.3) is 5.91 Å². The first-order chi connectivity index (χ1) is 21.8. The Hall–Kier alpha value is -4.47. The lowest BCUT2D eigenvalue weighted by Gasteiger charge is -2.30. The van der Waals surface area contributed by atoms with Gasteiger partial charge in [-0.2, -0.15) is 0 Å². The van der Waals surface area contributed by atoms with Crippen molar-refractivity contribution in [2.45, 2.75) is 57.2 Å².